The van der Waals surface area contributed by atoms with Gasteiger partial charge in [-0.05, 0) is 27.2 Å². The molecule has 1 aromatic rings. The molecule has 0 aromatic carbocycles. The van der Waals surface area contributed by atoms with Crippen LogP contribution in [0.15, 0.2) is 12.4 Å². The van der Waals surface area contributed by atoms with E-state index in [2.05, 4.69) is 43.0 Å². The smallest absolute Gasteiger partial charge is 0.157 e. The number of methoxy groups -OCH3 is 1. The summed E-state index contributed by atoms with van der Waals surface area (Å²) in [7, 11) is 1.71. The molecule has 0 saturated carbocycles. The van der Waals surface area contributed by atoms with Gasteiger partial charge < -0.3 is 10.1 Å². The molecule has 4 nitrogen and oxygen atoms in total. The van der Waals surface area contributed by atoms with Gasteiger partial charge in [-0.3, -0.25) is 0 Å². The van der Waals surface area contributed by atoms with Crippen molar-refractivity contribution in [2.75, 3.05) is 7.11 Å². The van der Waals surface area contributed by atoms with Crippen LogP contribution in [0.4, 0.5) is 0 Å². The van der Waals surface area contributed by atoms with Crippen molar-refractivity contribution < 1.29 is 4.74 Å². The van der Waals surface area contributed by atoms with E-state index in [9.17, 15) is 0 Å². The summed E-state index contributed by atoms with van der Waals surface area (Å²) in [6.07, 6.45) is 5.79. The fourth-order valence-electron chi connectivity index (χ4n) is 1.60. The van der Waals surface area contributed by atoms with Crippen LogP contribution in [0.2, 0.25) is 0 Å². The lowest BCUT2D eigenvalue weighted by Crippen LogP contribution is -2.35. The minimum atomic E-state index is 0.0135. The maximum atomic E-state index is 5.39. The van der Waals surface area contributed by atoms with Crippen molar-refractivity contribution in [3.63, 3.8) is 0 Å². The van der Waals surface area contributed by atoms with Crippen LogP contribution >= 0.6 is 0 Å². The third-order valence-corrected chi connectivity index (χ3v) is 2.67. The third-order valence-electron chi connectivity index (χ3n) is 2.67. The number of hydrogen-bond acceptors (Lipinski definition) is 4. The molecule has 0 aliphatic carbocycles. The molecule has 0 saturated heterocycles. The number of hydrogen-bond donors (Lipinski definition) is 1. The SMILES string of the molecule is CCCC(OC)c1ncc(CNC(C)(C)C)cn1. The van der Waals surface area contributed by atoms with Gasteiger partial charge in [-0.2, -0.15) is 0 Å². The molecule has 0 radical (unpaired) electrons. The lowest BCUT2D eigenvalue weighted by molar-refractivity contribution is 0.0875. The average Bonchev–Trinajstić information content (AvgIpc) is 2.33. The molecule has 0 amide bonds. The summed E-state index contributed by atoms with van der Waals surface area (Å²) >= 11 is 0. The van der Waals surface area contributed by atoms with Crippen LogP contribution in [-0.2, 0) is 11.3 Å². The molecule has 1 unspecified atom stereocenters. The highest BCUT2D eigenvalue weighted by Crippen LogP contribution is 2.17. The Labute approximate surface area is 110 Å². The highest BCUT2D eigenvalue weighted by Gasteiger charge is 2.13. The number of aromatic nitrogens is 2. The van der Waals surface area contributed by atoms with Gasteiger partial charge in [-0.25, -0.2) is 9.97 Å². The van der Waals surface area contributed by atoms with Gasteiger partial charge in [0, 0.05) is 37.2 Å². The van der Waals surface area contributed by atoms with Gasteiger partial charge >= 0.3 is 0 Å². The Morgan fingerprint density at radius 2 is 1.89 bits per heavy atom. The predicted molar refractivity (Wildman–Crippen MR) is 73.3 cm³/mol. The van der Waals surface area contributed by atoms with Gasteiger partial charge in [-0.15, -0.1) is 0 Å². The zero-order chi connectivity index (χ0) is 13.6. The van der Waals surface area contributed by atoms with E-state index in [-0.39, 0.29) is 11.6 Å². The van der Waals surface area contributed by atoms with Crippen LogP contribution in [-0.4, -0.2) is 22.6 Å². The van der Waals surface area contributed by atoms with E-state index in [4.69, 9.17) is 4.74 Å². The zero-order valence-electron chi connectivity index (χ0n) is 12.2. The van der Waals surface area contributed by atoms with Crippen LogP contribution in [0.25, 0.3) is 0 Å². The topological polar surface area (TPSA) is 47.0 Å². The summed E-state index contributed by atoms with van der Waals surface area (Å²) in [5.74, 6) is 0.777. The first-order valence-corrected chi connectivity index (χ1v) is 6.55. The Bertz CT molecular complexity index is 343. The van der Waals surface area contributed by atoms with E-state index in [0.29, 0.717) is 0 Å². The Morgan fingerprint density at radius 3 is 2.33 bits per heavy atom. The van der Waals surface area contributed by atoms with Crippen molar-refractivity contribution >= 4 is 0 Å². The monoisotopic (exact) mass is 251 g/mol. The van der Waals surface area contributed by atoms with E-state index in [1.165, 1.54) is 0 Å². The Kier molecular flexibility index (Phi) is 5.69. The molecule has 102 valence electrons. The number of rotatable bonds is 6. The van der Waals surface area contributed by atoms with Gasteiger partial charge in [0.15, 0.2) is 5.82 Å². The van der Waals surface area contributed by atoms with Gasteiger partial charge in [0.1, 0.15) is 6.10 Å². The van der Waals surface area contributed by atoms with Crippen molar-refractivity contribution in [3.05, 3.63) is 23.8 Å². The molecule has 0 spiro atoms. The summed E-state index contributed by atoms with van der Waals surface area (Å²) in [5, 5.41) is 3.41. The number of ether oxygens (including phenoxy) is 1. The minimum absolute atomic E-state index is 0.0135. The maximum Gasteiger partial charge on any atom is 0.157 e. The molecule has 4 heteroatoms. The number of nitrogens with zero attached hydrogens (tertiary/aromatic N) is 2. The second kappa shape index (κ2) is 6.81. The standard InChI is InChI=1S/C14H25N3O/c1-6-7-12(18-5)13-15-8-11(9-16-13)10-17-14(2,3)4/h8-9,12,17H,6-7,10H2,1-5H3. The Balaban J connectivity index is 2.61. The molecule has 1 N–H and O–H groups in total. The Hall–Kier alpha value is -1.00. The first kappa shape index (κ1) is 15.1. The molecule has 0 fully saturated rings. The lowest BCUT2D eigenvalue weighted by Gasteiger charge is -2.20. The summed E-state index contributed by atoms with van der Waals surface area (Å²) in [5.41, 5.74) is 1.20. The van der Waals surface area contributed by atoms with Crippen molar-refractivity contribution in [3.8, 4) is 0 Å². The van der Waals surface area contributed by atoms with Crippen molar-refractivity contribution in [1.82, 2.24) is 15.3 Å². The molecule has 1 atom stereocenters. The fourth-order valence-corrected chi connectivity index (χ4v) is 1.60. The molecular weight excluding hydrogens is 226 g/mol. The van der Waals surface area contributed by atoms with E-state index >= 15 is 0 Å². The summed E-state index contributed by atoms with van der Waals surface area (Å²) in [6.45, 7) is 9.35. The van der Waals surface area contributed by atoms with Gasteiger partial charge in [0.25, 0.3) is 0 Å². The van der Waals surface area contributed by atoms with Crippen molar-refractivity contribution in [2.45, 2.75) is 58.7 Å². The highest BCUT2D eigenvalue weighted by atomic mass is 16.5. The summed E-state index contributed by atoms with van der Waals surface area (Å²) < 4.78 is 5.39. The highest BCUT2D eigenvalue weighted by molar-refractivity contribution is 5.06. The normalized spacial score (nSPS) is 13.6. The number of nitrogens with one attached hydrogen (secondary N) is 1. The minimum Gasteiger partial charge on any atom is -0.373 e. The fraction of sp³-hybridized carbons (Fsp3) is 0.714. The molecule has 0 aliphatic rings. The maximum absolute atomic E-state index is 5.39. The molecular formula is C14H25N3O. The van der Waals surface area contributed by atoms with Gasteiger partial charge in [0.05, 0.1) is 0 Å². The zero-order valence-corrected chi connectivity index (χ0v) is 12.2. The van der Waals surface area contributed by atoms with Crippen LogP contribution in [0.3, 0.4) is 0 Å². The molecule has 0 bridgehead atoms. The first-order chi connectivity index (χ1) is 8.46. The Morgan fingerprint density at radius 1 is 1.28 bits per heavy atom. The van der Waals surface area contributed by atoms with Crippen LogP contribution in [0, 0.1) is 0 Å². The molecule has 18 heavy (non-hydrogen) atoms. The van der Waals surface area contributed by atoms with Gasteiger partial charge in [-0.1, -0.05) is 13.3 Å². The molecule has 1 rings (SSSR count). The van der Waals surface area contributed by atoms with Crippen LogP contribution < -0.4 is 5.32 Å². The second-order valence-corrected chi connectivity index (χ2v) is 5.57. The molecule has 1 heterocycles. The van der Waals surface area contributed by atoms with E-state index in [1.54, 1.807) is 7.11 Å². The lowest BCUT2D eigenvalue weighted by atomic mass is 10.1. The largest absolute Gasteiger partial charge is 0.373 e. The molecule has 0 aliphatic heterocycles. The van der Waals surface area contributed by atoms with Gasteiger partial charge in [0.2, 0.25) is 0 Å². The van der Waals surface area contributed by atoms with E-state index in [0.717, 1.165) is 30.8 Å². The van der Waals surface area contributed by atoms with E-state index in [1.807, 2.05) is 12.4 Å². The molecule has 1 aromatic heterocycles. The third kappa shape index (κ3) is 5.10. The summed E-state index contributed by atoms with van der Waals surface area (Å²) in [4.78, 5) is 8.79. The van der Waals surface area contributed by atoms with Crippen molar-refractivity contribution in [1.29, 1.82) is 0 Å². The van der Waals surface area contributed by atoms with E-state index < -0.39 is 0 Å². The van der Waals surface area contributed by atoms with Crippen LogP contribution in [0.1, 0.15) is 58.0 Å². The first-order valence-electron chi connectivity index (χ1n) is 6.55. The van der Waals surface area contributed by atoms with Crippen molar-refractivity contribution in [2.24, 2.45) is 0 Å². The predicted octanol–water partition coefficient (Wildman–Crippen LogP) is 2.85. The second-order valence-electron chi connectivity index (χ2n) is 5.57. The summed E-state index contributed by atoms with van der Waals surface area (Å²) in [6, 6.07) is 0. The van der Waals surface area contributed by atoms with Crippen LogP contribution in [0.5, 0.6) is 0 Å². The quantitative estimate of drug-likeness (QED) is 0.844. The average molecular weight is 251 g/mol.